The molecule has 28 heavy (non-hydrogen) atoms. The Morgan fingerprint density at radius 1 is 1.46 bits per heavy atom. The molecule has 1 aromatic carbocycles. The molecule has 0 N–H and O–H groups in total. The summed E-state index contributed by atoms with van der Waals surface area (Å²) in [6, 6.07) is 3.35. The van der Waals surface area contributed by atoms with Crippen molar-refractivity contribution in [3.05, 3.63) is 39.7 Å². The molecule has 0 saturated carbocycles. The maximum absolute atomic E-state index is 14.7. The number of hydrogen-bond donors (Lipinski definition) is 0. The largest absolute Gasteiger partial charge is 0.480 e. The molecule has 2 aliphatic heterocycles. The number of rotatable bonds is 4. The van der Waals surface area contributed by atoms with Gasteiger partial charge in [-0.2, -0.15) is 0 Å². The van der Waals surface area contributed by atoms with E-state index in [2.05, 4.69) is 4.99 Å². The van der Waals surface area contributed by atoms with Crippen LogP contribution in [0.4, 0.5) is 10.1 Å². The minimum atomic E-state index is -1.19. The van der Waals surface area contributed by atoms with Crippen LogP contribution in [0.25, 0.3) is 0 Å². The maximum atomic E-state index is 14.7. The molecule has 0 aromatic heterocycles. The summed E-state index contributed by atoms with van der Waals surface area (Å²) in [5.41, 5.74) is -2.02. The summed E-state index contributed by atoms with van der Waals surface area (Å²) >= 11 is 0. The molecule has 0 bridgehead atoms. The van der Waals surface area contributed by atoms with E-state index in [1.54, 1.807) is 20.8 Å². The van der Waals surface area contributed by atoms with Crippen LogP contribution in [0.1, 0.15) is 39.7 Å². The van der Waals surface area contributed by atoms with Crippen LogP contribution in [-0.4, -0.2) is 41.7 Å². The van der Waals surface area contributed by atoms with Gasteiger partial charge < -0.3 is 14.2 Å². The lowest BCUT2D eigenvalue weighted by molar-refractivity contribution is -0.385. The molecule has 3 rings (SSSR count). The highest BCUT2D eigenvalue weighted by Gasteiger charge is 2.54. The van der Waals surface area contributed by atoms with Gasteiger partial charge >= 0.3 is 5.97 Å². The van der Waals surface area contributed by atoms with E-state index in [0.29, 0.717) is 0 Å². The van der Waals surface area contributed by atoms with Crippen molar-refractivity contribution in [2.75, 3.05) is 13.2 Å². The van der Waals surface area contributed by atoms with E-state index < -0.39 is 27.8 Å². The molecule has 0 radical (unpaired) electrons. The van der Waals surface area contributed by atoms with Crippen molar-refractivity contribution < 1.29 is 28.3 Å². The fourth-order valence-corrected chi connectivity index (χ4v) is 3.59. The van der Waals surface area contributed by atoms with Gasteiger partial charge in [0.05, 0.1) is 30.2 Å². The number of ether oxygens (including phenoxy) is 3. The molecule has 152 valence electrons. The van der Waals surface area contributed by atoms with E-state index in [0.717, 1.165) is 12.1 Å². The maximum Gasteiger partial charge on any atom is 0.315 e. The van der Waals surface area contributed by atoms with Gasteiger partial charge in [0, 0.05) is 17.7 Å². The molecule has 0 spiro atoms. The molecular weight excluding hydrogens is 371 g/mol. The number of esters is 1. The predicted molar refractivity (Wildman–Crippen MR) is 97.5 cm³/mol. The Balaban J connectivity index is 2.01. The molecule has 2 heterocycles. The monoisotopic (exact) mass is 394 g/mol. The molecule has 1 aromatic rings. The van der Waals surface area contributed by atoms with E-state index in [9.17, 15) is 19.3 Å². The number of aliphatic imine (C=N–C) groups is 1. The number of non-ortho nitro benzene ring substituents is 1. The van der Waals surface area contributed by atoms with Gasteiger partial charge in [-0.25, -0.2) is 9.38 Å². The summed E-state index contributed by atoms with van der Waals surface area (Å²) in [6.45, 7) is 7.26. The van der Waals surface area contributed by atoms with Crippen molar-refractivity contribution in [3.8, 4) is 0 Å². The molecule has 2 aliphatic rings. The number of nitrogens with zero attached hydrogens (tertiary/aromatic N) is 2. The van der Waals surface area contributed by atoms with Crippen LogP contribution < -0.4 is 0 Å². The highest BCUT2D eigenvalue weighted by atomic mass is 19.1. The van der Waals surface area contributed by atoms with Crippen LogP contribution in [0.15, 0.2) is 23.2 Å². The van der Waals surface area contributed by atoms with E-state index in [-0.39, 0.29) is 48.8 Å². The first kappa shape index (κ1) is 20.2. The zero-order chi connectivity index (χ0) is 20.7. The third kappa shape index (κ3) is 3.84. The molecule has 9 heteroatoms. The number of halogens is 1. The topological polar surface area (TPSA) is 100 Å². The number of fused-ring (bicyclic) bond motifs is 1. The van der Waals surface area contributed by atoms with Gasteiger partial charge in [0.25, 0.3) is 5.69 Å². The molecule has 0 unspecified atom stereocenters. The Morgan fingerprint density at radius 2 is 2.18 bits per heavy atom. The molecule has 0 amide bonds. The van der Waals surface area contributed by atoms with Crippen molar-refractivity contribution in [3.63, 3.8) is 0 Å². The zero-order valence-electron chi connectivity index (χ0n) is 16.2. The summed E-state index contributed by atoms with van der Waals surface area (Å²) in [6.07, 6.45) is -0.498. The highest BCUT2D eigenvalue weighted by Crippen LogP contribution is 2.47. The van der Waals surface area contributed by atoms with Crippen molar-refractivity contribution in [1.82, 2.24) is 0 Å². The Kier molecular flexibility index (Phi) is 5.14. The Labute approximate surface area is 161 Å². The second-order valence-electron chi connectivity index (χ2n) is 8.05. The SMILES string of the molecule is C[C@H]1OC[C@]2(c3cc([N+](=O)[O-])ccc3F)N=C(CC(=O)OC(C)(C)C)OC[C@H]12. The second kappa shape index (κ2) is 7.12. The summed E-state index contributed by atoms with van der Waals surface area (Å²) in [5.74, 6) is -1.37. The smallest absolute Gasteiger partial charge is 0.315 e. The van der Waals surface area contributed by atoms with E-state index >= 15 is 0 Å². The highest BCUT2D eigenvalue weighted by molar-refractivity contribution is 5.95. The van der Waals surface area contributed by atoms with Gasteiger partial charge in [0.2, 0.25) is 0 Å². The van der Waals surface area contributed by atoms with E-state index in [4.69, 9.17) is 14.2 Å². The zero-order valence-corrected chi connectivity index (χ0v) is 16.2. The lowest BCUT2D eigenvalue weighted by Gasteiger charge is -2.36. The first-order chi connectivity index (χ1) is 13.0. The third-order valence-corrected chi connectivity index (χ3v) is 4.84. The first-order valence-corrected chi connectivity index (χ1v) is 9.01. The lowest BCUT2D eigenvalue weighted by atomic mass is 9.77. The van der Waals surface area contributed by atoms with Crippen molar-refractivity contribution >= 4 is 17.6 Å². The van der Waals surface area contributed by atoms with Crippen LogP contribution >= 0.6 is 0 Å². The Hall–Kier alpha value is -2.55. The number of nitro benzene ring substituents is 1. The number of carbonyl (C=O) groups excluding carboxylic acids is 1. The molecule has 1 fully saturated rings. The lowest BCUT2D eigenvalue weighted by Crippen LogP contribution is -2.43. The van der Waals surface area contributed by atoms with Crippen molar-refractivity contribution in [2.45, 2.75) is 51.4 Å². The normalized spacial score (nSPS) is 26.8. The molecule has 0 aliphatic carbocycles. The van der Waals surface area contributed by atoms with Gasteiger partial charge in [-0.05, 0) is 33.8 Å². The van der Waals surface area contributed by atoms with Gasteiger partial charge in [0.1, 0.15) is 23.4 Å². The number of hydrogen-bond acceptors (Lipinski definition) is 7. The van der Waals surface area contributed by atoms with Crippen LogP contribution in [0, 0.1) is 21.8 Å². The van der Waals surface area contributed by atoms with Crippen LogP contribution in [-0.2, 0) is 24.5 Å². The number of nitro groups is 1. The van der Waals surface area contributed by atoms with Crippen LogP contribution in [0.5, 0.6) is 0 Å². The molecule has 8 nitrogen and oxygen atoms in total. The van der Waals surface area contributed by atoms with Crippen molar-refractivity contribution in [2.24, 2.45) is 10.9 Å². The third-order valence-electron chi connectivity index (χ3n) is 4.84. The summed E-state index contributed by atoms with van der Waals surface area (Å²) in [7, 11) is 0. The number of carbonyl (C=O) groups is 1. The summed E-state index contributed by atoms with van der Waals surface area (Å²) in [4.78, 5) is 27.3. The summed E-state index contributed by atoms with van der Waals surface area (Å²) in [5, 5.41) is 11.2. The van der Waals surface area contributed by atoms with E-state index in [1.807, 2.05) is 6.92 Å². The standard InChI is InChI=1S/C19H23FN2O6/c1-11-14-9-26-16(8-17(23)28-18(2,3)4)21-19(14,10-27-11)13-7-12(22(24)25)5-6-15(13)20/h5-7,11,14H,8-10H2,1-4H3/t11-,14-,19-/m1/s1. The van der Waals surface area contributed by atoms with Gasteiger partial charge in [-0.1, -0.05) is 0 Å². The Morgan fingerprint density at radius 3 is 2.82 bits per heavy atom. The van der Waals surface area contributed by atoms with Crippen molar-refractivity contribution in [1.29, 1.82) is 0 Å². The predicted octanol–water partition coefficient (Wildman–Crippen LogP) is 3.12. The minimum absolute atomic E-state index is 0.0398. The van der Waals surface area contributed by atoms with Crippen LogP contribution in [0.2, 0.25) is 0 Å². The van der Waals surface area contributed by atoms with Gasteiger partial charge in [0.15, 0.2) is 5.90 Å². The fraction of sp³-hybridized carbons (Fsp3) is 0.579. The van der Waals surface area contributed by atoms with E-state index in [1.165, 1.54) is 6.07 Å². The Bertz CT molecular complexity index is 834. The molecule has 3 atom stereocenters. The van der Waals surface area contributed by atoms with Gasteiger partial charge in [-0.3, -0.25) is 14.9 Å². The minimum Gasteiger partial charge on any atom is -0.480 e. The average Bonchev–Trinajstić information content (AvgIpc) is 2.90. The first-order valence-electron chi connectivity index (χ1n) is 9.01. The van der Waals surface area contributed by atoms with Gasteiger partial charge in [-0.15, -0.1) is 0 Å². The quantitative estimate of drug-likeness (QED) is 0.442. The average molecular weight is 394 g/mol. The summed E-state index contributed by atoms with van der Waals surface area (Å²) < 4.78 is 31.3. The second-order valence-corrected chi connectivity index (χ2v) is 8.05. The fourth-order valence-electron chi connectivity index (χ4n) is 3.59. The molecule has 1 saturated heterocycles. The number of benzene rings is 1. The molecular formula is C19H23FN2O6. The van der Waals surface area contributed by atoms with Crippen LogP contribution in [0.3, 0.4) is 0 Å².